The zero-order valence-corrected chi connectivity index (χ0v) is 11.2. The minimum absolute atomic E-state index is 0.162. The zero-order chi connectivity index (χ0) is 13.0. The van der Waals surface area contributed by atoms with E-state index in [2.05, 4.69) is 24.3 Å². The van der Waals surface area contributed by atoms with Crippen LogP contribution >= 0.6 is 0 Å². The second kappa shape index (κ2) is 6.16. The molecule has 1 aromatic rings. The van der Waals surface area contributed by atoms with Crippen molar-refractivity contribution in [2.45, 2.75) is 39.2 Å². The number of pyridine rings is 1. The normalized spacial score (nSPS) is 18.4. The van der Waals surface area contributed by atoms with Crippen molar-refractivity contribution in [3.8, 4) is 5.75 Å². The largest absolute Gasteiger partial charge is 0.492 e. The van der Waals surface area contributed by atoms with Crippen molar-refractivity contribution in [1.82, 2.24) is 10.4 Å². The van der Waals surface area contributed by atoms with Gasteiger partial charge < -0.3 is 4.74 Å². The quantitative estimate of drug-likeness (QED) is 0.575. The highest BCUT2D eigenvalue weighted by Gasteiger charge is 2.33. The number of hydrogen-bond acceptors (Lipinski definition) is 4. The van der Waals surface area contributed by atoms with Crippen LogP contribution in [0.1, 0.15) is 44.7 Å². The third kappa shape index (κ3) is 3.21. The minimum Gasteiger partial charge on any atom is -0.492 e. The molecule has 1 heterocycles. The summed E-state index contributed by atoms with van der Waals surface area (Å²) in [5, 5.41) is 0. The van der Waals surface area contributed by atoms with Crippen LogP contribution in [-0.4, -0.2) is 11.6 Å². The number of hydrogen-bond donors (Lipinski definition) is 2. The van der Waals surface area contributed by atoms with E-state index in [0.717, 1.165) is 30.3 Å². The van der Waals surface area contributed by atoms with Crippen LogP contribution in [0.2, 0.25) is 0 Å². The molecule has 18 heavy (non-hydrogen) atoms. The molecule has 1 aromatic heterocycles. The molecule has 0 spiro atoms. The topological polar surface area (TPSA) is 60.2 Å². The molecule has 1 aliphatic rings. The van der Waals surface area contributed by atoms with E-state index in [1.165, 1.54) is 12.8 Å². The van der Waals surface area contributed by atoms with E-state index in [4.69, 9.17) is 10.6 Å². The highest BCUT2D eigenvalue weighted by Crippen LogP contribution is 2.42. The second-order valence-corrected chi connectivity index (χ2v) is 5.14. The lowest BCUT2D eigenvalue weighted by molar-refractivity contribution is 0.312. The maximum absolute atomic E-state index is 5.70. The lowest BCUT2D eigenvalue weighted by Crippen LogP contribution is -2.33. The van der Waals surface area contributed by atoms with Crippen molar-refractivity contribution in [2.75, 3.05) is 6.61 Å². The molecular weight excluding hydrogens is 226 g/mol. The van der Waals surface area contributed by atoms with Gasteiger partial charge in [0.2, 0.25) is 0 Å². The first-order valence-corrected chi connectivity index (χ1v) is 6.80. The number of aromatic nitrogens is 1. The molecule has 2 rings (SSSR count). The molecule has 4 nitrogen and oxygen atoms in total. The Morgan fingerprint density at radius 1 is 1.50 bits per heavy atom. The first-order valence-electron chi connectivity index (χ1n) is 6.80. The fourth-order valence-corrected chi connectivity index (χ4v) is 2.35. The van der Waals surface area contributed by atoms with Crippen LogP contribution in [0.25, 0.3) is 0 Å². The van der Waals surface area contributed by atoms with Crippen LogP contribution in [-0.2, 0) is 0 Å². The molecule has 2 unspecified atom stereocenters. The minimum atomic E-state index is 0.162. The first kappa shape index (κ1) is 13.3. The van der Waals surface area contributed by atoms with Gasteiger partial charge in [-0.3, -0.25) is 16.3 Å². The highest BCUT2D eigenvalue weighted by molar-refractivity contribution is 5.26. The lowest BCUT2D eigenvalue weighted by atomic mass is 9.92. The maximum atomic E-state index is 5.70. The van der Waals surface area contributed by atoms with E-state index < -0.39 is 0 Å². The van der Waals surface area contributed by atoms with Crippen molar-refractivity contribution < 1.29 is 4.74 Å². The summed E-state index contributed by atoms with van der Waals surface area (Å²) in [5.74, 6) is 7.87. The molecular formula is C14H23N3O. The van der Waals surface area contributed by atoms with Crippen molar-refractivity contribution in [3.63, 3.8) is 0 Å². The standard InChI is InChI=1S/C14H23N3O/c1-3-6-18-13-7-12(8-16-9-13)14(17-15)10(2)11-4-5-11/h7-11,14,17H,3-6,15H2,1-2H3. The molecule has 4 heteroatoms. The molecule has 0 saturated heterocycles. The zero-order valence-electron chi connectivity index (χ0n) is 11.2. The van der Waals surface area contributed by atoms with Gasteiger partial charge in [0, 0.05) is 6.20 Å². The predicted octanol–water partition coefficient (Wildman–Crippen LogP) is 2.42. The molecule has 0 aromatic carbocycles. The number of nitrogens with two attached hydrogens (primary N) is 1. The van der Waals surface area contributed by atoms with Gasteiger partial charge in [0.05, 0.1) is 18.8 Å². The molecule has 0 aliphatic heterocycles. The summed E-state index contributed by atoms with van der Waals surface area (Å²) in [7, 11) is 0. The third-order valence-corrected chi connectivity index (χ3v) is 3.64. The number of hydrazine groups is 1. The fourth-order valence-electron chi connectivity index (χ4n) is 2.35. The average Bonchev–Trinajstić information content (AvgIpc) is 3.22. The van der Waals surface area contributed by atoms with Gasteiger partial charge in [-0.2, -0.15) is 0 Å². The van der Waals surface area contributed by atoms with E-state index in [-0.39, 0.29) is 6.04 Å². The molecule has 0 amide bonds. The van der Waals surface area contributed by atoms with Gasteiger partial charge in [0.15, 0.2) is 0 Å². The van der Waals surface area contributed by atoms with Gasteiger partial charge in [-0.15, -0.1) is 0 Å². The van der Waals surface area contributed by atoms with Crippen molar-refractivity contribution in [1.29, 1.82) is 0 Å². The third-order valence-electron chi connectivity index (χ3n) is 3.64. The van der Waals surface area contributed by atoms with E-state index in [1.54, 1.807) is 6.20 Å². The molecule has 1 saturated carbocycles. The Morgan fingerprint density at radius 3 is 2.89 bits per heavy atom. The van der Waals surface area contributed by atoms with Gasteiger partial charge in [-0.1, -0.05) is 13.8 Å². The monoisotopic (exact) mass is 249 g/mol. The van der Waals surface area contributed by atoms with Gasteiger partial charge in [0.25, 0.3) is 0 Å². The number of nitrogens with zero attached hydrogens (tertiary/aromatic N) is 1. The Labute approximate surface area is 109 Å². The van der Waals surface area contributed by atoms with Crippen molar-refractivity contribution in [2.24, 2.45) is 17.7 Å². The van der Waals surface area contributed by atoms with E-state index in [0.29, 0.717) is 5.92 Å². The molecule has 3 N–H and O–H groups in total. The smallest absolute Gasteiger partial charge is 0.137 e. The number of rotatable bonds is 7. The molecule has 0 bridgehead atoms. The Kier molecular flexibility index (Phi) is 4.55. The number of nitrogens with one attached hydrogen (secondary N) is 1. The van der Waals surface area contributed by atoms with Gasteiger partial charge in [-0.05, 0) is 42.7 Å². The molecule has 2 atom stereocenters. The van der Waals surface area contributed by atoms with Crippen LogP contribution in [0.5, 0.6) is 5.75 Å². The van der Waals surface area contributed by atoms with Crippen molar-refractivity contribution >= 4 is 0 Å². The predicted molar refractivity (Wildman–Crippen MR) is 72.0 cm³/mol. The van der Waals surface area contributed by atoms with Crippen LogP contribution in [0, 0.1) is 11.8 Å². The fraction of sp³-hybridized carbons (Fsp3) is 0.643. The van der Waals surface area contributed by atoms with Gasteiger partial charge in [0.1, 0.15) is 5.75 Å². The Bertz CT molecular complexity index is 379. The first-order chi connectivity index (χ1) is 8.76. The van der Waals surface area contributed by atoms with Gasteiger partial charge >= 0.3 is 0 Å². The summed E-state index contributed by atoms with van der Waals surface area (Å²) in [6, 6.07) is 2.21. The molecule has 100 valence electrons. The molecule has 1 aliphatic carbocycles. The average molecular weight is 249 g/mol. The maximum Gasteiger partial charge on any atom is 0.137 e. The van der Waals surface area contributed by atoms with Gasteiger partial charge in [-0.25, -0.2) is 0 Å². The van der Waals surface area contributed by atoms with Crippen LogP contribution < -0.4 is 16.0 Å². The Hall–Kier alpha value is -1.13. The summed E-state index contributed by atoms with van der Waals surface area (Å²) < 4.78 is 5.62. The lowest BCUT2D eigenvalue weighted by Gasteiger charge is -2.23. The van der Waals surface area contributed by atoms with Crippen molar-refractivity contribution in [3.05, 3.63) is 24.0 Å². The van der Waals surface area contributed by atoms with E-state index >= 15 is 0 Å². The summed E-state index contributed by atoms with van der Waals surface area (Å²) in [4.78, 5) is 4.25. The Balaban J connectivity index is 2.09. The van der Waals surface area contributed by atoms with Crippen LogP contribution in [0.15, 0.2) is 18.5 Å². The summed E-state index contributed by atoms with van der Waals surface area (Å²) in [5.41, 5.74) is 4.04. The highest BCUT2D eigenvalue weighted by atomic mass is 16.5. The Morgan fingerprint density at radius 2 is 2.28 bits per heavy atom. The second-order valence-electron chi connectivity index (χ2n) is 5.14. The van der Waals surface area contributed by atoms with E-state index in [9.17, 15) is 0 Å². The summed E-state index contributed by atoms with van der Waals surface area (Å²) in [6.45, 7) is 5.07. The summed E-state index contributed by atoms with van der Waals surface area (Å²) in [6.07, 6.45) is 7.27. The van der Waals surface area contributed by atoms with Crippen LogP contribution in [0.3, 0.4) is 0 Å². The molecule has 0 radical (unpaired) electrons. The molecule has 1 fully saturated rings. The van der Waals surface area contributed by atoms with Crippen LogP contribution in [0.4, 0.5) is 0 Å². The van der Waals surface area contributed by atoms with E-state index in [1.807, 2.05) is 12.3 Å². The summed E-state index contributed by atoms with van der Waals surface area (Å²) >= 11 is 0. The SMILES string of the molecule is CCCOc1cncc(C(NN)C(C)C2CC2)c1. The number of ether oxygens (including phenoxy) is 1.